The lowest BCUT2D eigenvalue weighted by Crippen LogP contribution is -2.00. The number of hydrogen-bond acceptors (Lipinski definition) is 3. The maximum atomic E-state index is 10.9. The van der Waals surface area contributed by atoms with Gasteiger partial charge in [-0.15, -0.1) is 0 Å². The fourth-order valence-corrected chi connectivity index (χ4v) is 2.83. The molecule has 0 amide bonds. The number of aryl methyl sites for hydroxylation is 2. The summed E-state index contributed by atoms with van der Waals surface area (Å²) in [4.78, 5) is 10.9. The quantitative estimate of drug-likeness (QED) is 0.748. The van der Waals surface area contributed by atoms with E-state index in [1.165, 1.54) is 11.1 Å². The predicted molar refractivity (Wildman–Crippen MR) is 86.3 cm³/mol. The Morgan fingerprint density at radius 1 is 1.10 bits per heavy atom. The van der Waals surface area contributed by atoms with Crippen molar-refractivity contribution in [3.8, 4) is 11.5 Å². The molecule has 0 saturated carbocycles. The summed E-state index contributed by atoms with van der Waals surface area (Å²) >= 11 is 3.42. The maximum absolute atomic E-state index is 10.9. The van der Waals surface area contributed by atoms with Crippen LogP contribution in [0.1, 0.15) is 27.0 Å². The van der Waals surface area contributed by atoms with E-state index in [9.17, 15) is 4.79 Å². The van der Waals surface area contributed by atoms with Crippen LogP contribution in [0.3, 0.4) is 0 Å². The number of benzene rings is 2. The monoisotopic (exact) mass is 348 g/mol. The number of rotatable bonds is 5. The summed E-state index contributed by atoms with van der Waals surface area (Å²) < 4.78 is 11.9. The lowest BCUT2D eigenvalue weighted by molar-refractivity contribution is 0.112. The Kier molecular flexibility index (Phi) is 5.02. The predicted octanol–water partition coefficient (Wildman–Crippen LogP) is 4.47. The lowest BCUT2D eigenvalue weighted by atomic mass is 10.1. The molecule has 0 saturated heterocycles. The largest absolute Gasteiger partial charge is 0.493 e. The van der Waals surface area contributed by atoms with Crippen LogP contribution in [0.2, 0.25) is 0 Å². The molecule has 2 aromatic carbocycles. The molecule has 0 fully saturated rings. The smallest absolute Gasteiger partial charge is 0.175 e. The van der Waals surface area contributed by atoms with E-state index in [2.05, 4.69) is 48.0 Å². The first-order valence-corrected chi connectivity index (χ1v) is 7.35. The van der Waals surface area contributed by atoms with Gasteiger partial charge in [-0.1, -0.05) is 29.3 Å². The normalized spacial score (nSPS) is 10.3. The molecule has 0 radical (unpaired) electrons. The molecule has 0 bridgehead atoms. The minimum Gasteiger partial charge on any atom is -0.493 e. The van der Waals surface area contributed by atoms with Crippen LogP contribution < -0.4 is 9.47 Å². The second-order valence-electron chi connectivity index (χ2n) is 4.94. The highest BCUT2D eigenvalue weighted by Crippen LogP contribution is 2.36. The third-order valence-electron chi connectivity index (χ3n) is 3.05. The van der Waals surface area contributed by atoms with E-state index >= 15 is 0 Å². The van der Waals surface area contributed by atoms with Crippen LogP contribution in [0, 0.1) is 13.8 Å². The minimum atomic E-state index is 0.442. The van der Waals surface area contributed by atoms with E-state index in [1.807, 2.05) is 0 Å². The van der Waals surface area contributed by atoms with Crippen LogP contribution in [0.5, 0.6) is 11.5 Å². The van der Waals surface area contributed by atoms with E-state index in [0.29, 0.717) is 28.1 Å². The fourth-order valence-electron chi connectivity index (χ4n) is 2.26. The second-order valence-corrected chi connectivity index (χ2v) is 5.79. The highest BCUT2D eigenvalue weighted by atomic mass is 79.9. The van der Waals surface area contributed by atoms with Crippen molar-refractivity contribution >= 4 is 22.2 Å². The minimum absolute atomic E-state index is 0.442. The van der Waals surface area contributed by atoms with Crippen LogP contribution >= 0.6 is 15.9 Å². The van der Waals surface area contributed by atoms with E-state index < -0.39 is 0 Å². The van der Waals surface area contributed by atoms with Crippen molar-refractivity contribution in [1.29, 1.82) is 0 Å². The van der Waals surface area contributed by atoms with E-state index in [4.69, 9.17) is 9.47 Å². The Hall–Kier alpha value is -1.81. The third kappa shape index (κ3) is 3.85. The first-order chi connectivity index (χ1) is 10.0. The van der Waals surface area contributed by atoms with Crippen molar-refractivity contribution in [2.75, 3.05) is 7.11 Å². The number of carbonyl (C=O) groups excluding carboxylic acids is 1. The molecular formula is C17H17BrO3. The molecule has 0 aromatic heterocycles. The first kappa shape index (κ1) is 15.6. The van der Waals surface area contributed by atoms with Gasteiger partial charge in [-0.2, -0.15) is 0 Å². The summed E-state index contributed by atoms with van der Waals surface area (Å²) in [6, 6.07) is 9.68. The van der Waals surface area contributed by atoms with Gasteiger partial charge in [0.1, 0.15) is 12.9 Å². The average Bonchev–Trinajstić information content (AvgIpc) is 2.44. The Balaban J connectivity index is 2.25. The van der Waals surface area contributed by atoms with Gasteiger partial charge in [0.05, 0.1) is 11.6 Å². The molecule has 0 N–H and O–H groups in total. The van der Waals surface area contributed by atoms with Gasteiger partial charge in [-0.3, -0.25) is 4.79 Å². The van der Waals surface area contributed by atoms with E-state index in [-0.39, 0.29) is 0 Å². The fraction of sp³-hybridized carbons (Fsp3) is 0.235. The molecular weight excluding hydrogens is 332 g/mol. The van der Waals surface area contributed by atoms with Crippen molar-refractivity contribution in [3.05, 3.63) is 57.1 Å². The van der Waals surface area contributed by atoms with Crippen LogP contribution in [0.25, 0.3) is 0 Å². The number of methoxy groups -OCH3 is 1. The van der Waals surface area contributed by atoms with Gasteiger partial charge in [0.2, 0.25) is 0 Å². The zero-order valence-electron chi connectivity index (χ0n) is 12.3. The molecule has 0 atom stereocenters. The molecule has 0 aliphatic carbocycles. The zero-order valence-corrected chi connectivity index (χ0v) is 13.9. The number of halogens is 1. The van der Waals surface area contributed by atoms with Gasteiger partial charge < -0.3 is 9.47 Å². The van der Waals surface area contributed by atoms with Gasteiger partial charge in [0, 0.05) is 5.56 Å². The standard InChI is InChI=1S/C17H17BrO3/c1-11-4-12(2)6-14(5-11)10-21-17-15(18)7-13(9-19)8-16(17)20-3/h4-9H,10H2,1-3H3. The van der Waals surface area contributed by atoms with Crippen molar-refractivity contribution < 1.29 is 14.3 Å². The van der Waals surface area contributed by atoms with E-state index in [0.717, 1.165) is 11.8 Å². The average molecular weight is 349 g/mol. The molecule has 2 aromatic rings. The molecule has 0 heterocycles. The Morgan fingerprint density at radius 3 is 2.33 bits per heavy atom. The summed E-state index contributed by atoms with van der Waals surface area (Å²) in [6.07, 6.45) is 0.779. The number of ether oxygens (including phenoxy) is 2. The molecule has 0 aliphatic rings. The van der Waals surface area contributed by atoms with Crippen molar-refractivity contribution in [1.82, 2.24) is 0 Å². The number of hydrogen-bond donors (Lipinski definition) is 0. The molecule has 3 nitrogen and oxygen atoms in total. The Labute approximate surface area is 133 Å². The van der Waals surface area contributed by atoms with Crippen molar-refractivity contribution in [2.45, 2.75) is 20.5 Å². The molecule has 2 rings (SSSR count). The van der Waals surface area contributed by atoms with Crippen LogP contribution in [0.4, 0.5) is 0 Å². The third-order valence-corrected chi connectivity index (χ3v) is 3.64. The van der Waals surface area contributed by atoms with Gasteiger partial charge in [-0.05, 0) is 47.5 Å². The first-order valence-electron chi connectivity index (χ1n) is 6.56. The number of aldehydes is 1. The van der Waals surface area contributed by atoms with Gasteiger partial charge in [-0.25, -0.2) is 0 Å². The lowest BCUT2D eigenvalue weighted by Gasteiger charge is -2.14. The molecule has 4 heteroatoms. The van der Waals surface area contributed by atoms with Crippen molar-refractivity contribution in [3.63, 3.8) is 0 Å². The van der Waals surface area contributed by atoms with Gasteiger partial charge in [0.15, 0.2) is 11.5 Å². The zero-order chi connectivity index (χ0) is 15.4. The molecule has 0 unspecified atom stereocenters. The maximum Gasteiger partial charge on any atom is 0.175 e. The molecule has 0 spiro atoms. The van der Waals surface area contributed by atoms with Crippen LogP contribution in [-0.2, 0) is 6.61 Å². The second kappa shape index (κ2) is 6.76. The van der Waals surface area contributed by atoms with Gasteiger partial charge in [0.25, 0.3) is 0 Å². The topological polar surface area (TPSA) is 35.5 Å². The number of carbonyl (C=O) groups is 1. The van der Waals surface area contributed by atoms with Crippen LogP contribution in [-0.4, -0.2) is 13.4 Å². The van der Waals surface area contributed by atoms with Crippen molar-refractivity contribution in [2.24, 2.45) is 0 Å². The molecule has 21 heavy (non-hydrogen) atoms. The highest BCUT2D eigenvalue weighted by Gasteiger charge is 2.12. The molecule has 110 valence electrons. The van der Waals surface area contributed by atoms with E-state index in [1.54, 1.807) is 19.2 Å². The summed E-state index contributed by atoms with van der Waals surface area (Å²) in [5.74, 6) is 1.14. The highest BCUT2D eigenvalue weighted by molar-refractivity contribution is 9.10. The SMILES string of the molecule is COc1cc(C=O)cc(Br)c1OCc1cc(C)cc(C)c1. The summed E-state index contributed by atoms with van der Waals surface area (Å²) in [5, 5.41) is 0. The Morgan fingerprint density at radius 2 is 1.76 bits per heavy atom. The van der Waals surface area contributed by atoms with Crippen LogP contribution in [0.15, 0.2) is 34.8 Å². The molecule has 0 aliphatic heterocycles. The Bertz CT molecular complexity index is 645. The summed E-state index contributed by atoms with van der Waals surface area (Å²) in [5.41, 5.74) is 4.05. The van der Waals surface area contributed by atoms with Gasteiger partial charge >= 0.3 is 0 Å². The summed E-state index contributed by atoms with van der Waals surface area (Å²) in [6.45, 7) is 4.57. The summed E-state index contributed by atoms with van der Waals surface area (Å²) in [7, 11) is 1.56.